The van der Waals surface area contributed by atoms with Gasteiger partial charge in [-0.2, -0.15) is 0 Å². The van der Waals surface area contributed by atoms with Crippen LogP contribution in [-0.2, 0) is 32.7 Å². The van der Waals surface area contributed by atoms with Gasteiger partial charge in [0.05, 0.1) is 13.2 Å². The summed E-state index contributed by atoms with van der Waals surface area (Å²) in [6, 6.07) is 0. The molecule has 10 heteroatoms. The summed E-state index contributed by atoms with van der Waals surface area (Å²) >= 11 is 0. The second-order valence-corrected chi connectivity index (χ2v) is 15.3. The van der Waals surface area contributed by atoms with Crippen molar-refractivity contribution in [3.05, 3.63) is 85.1 Å². The van der Waals surface area contributed by atoms with Gasteiger partial charge in [0, 0.05) is 19.4 Å². The van der Waals surface area contributed by atoms with Crippen LogP contribution in [0.15, 0.2) is 85.1 Å². The van der Waals surface area contributed by atoms with Crippen molar-refractivity contribution < 1.29 is 37.6 Å². The first-order chi connectivity index (χ1) is 27.3. The van der Waals surface area contributed by atoms with Crippen molar-refractivity contribution in [2.24, 2.45) is 0 Å². The summed E-state index contributed by atoms with van der Waals surface area (Å²) < 4.78 is 33.1. The lowest BCUT2D eigenvalue weighted by Gasteiger charge is -2.20. The molecular formula is C46H78NO8P. The molecule has 2 atom stereocenters. The highest BCUT2D eigenvalue weighted by Gasteiger charge is 2.26. The molecule has 9 nitrogen and oxygen atoms in total. The third-order valence-electron chi connectivity index (χ3n) is 8.49. The van der Waals surface area contributed by atoms with E-state index in [1.165, 1.54) is 51.4 Å². The zero-order chi connectivity index (χ0) is 41.1. The van der Waals surface area contributed by atoms with E-state index in [0.717, 1.165) is 57.8 Å². The third-order valence-corrected chi connectivity index (χ3v) is 9.47. The van der Waals surface area contributed by atoms with Gasteiger partial charge < -0.3 is 19.7 Å². The van der Waals surface area contributed by atoms with Crippen LogP contribution >= 0.6 is 7.82 Å². The quantitative estimate of drug-likeness (QED) is 0.0271. The van der Waals surface area contributed by atoms with Crippen molar-refractivity contribution in [2.75, 3.05) is 33.4 Å². The van der Waals surface area contributed by atoms with Crippen LogP contribution in [-0.4, -0.2) is 56.3 Å². The summed E-state index contributed by atoms with van der Waals surface area (Å²) in [6.07, 6.45) is 50.6. The number of allylic oxidation sites excluding steroid dienone is 14. The summed E-state index contributed by atoms with van der Waals surface area (Å²) in [5.74, 6) is -0.906. The van der Waals surface area contributed by atoms with E-state index < -0.39 is 32.5 Å². The van der Waals surface area contributed by atoms with Crippen LogP contribution in [0.25, 0.3) is 0 Å². The molecule has 0 saturated heterocycles. The molecule has 0 aliphatic rings. The Balaban J connectivity index is 4.39. The minimum Gasteiger partial charge on any atom is -0.462 e. The Morgan fingerprint density at radius 1 is 0.554 bits per heavy atom. The number of ether oxygens (including phenoxy) is 2. The van der Waals surface area contributed by atoms with Crippen LogP contribution in [0.5, 0.6) is 0 Å². The number of carbonyl (C=O) groups excluding carboxylic acids is 2. The zero-order valence-corrected chi connectivity index (χ0v) is 36.2. The van der Waals surface area contributed by atoms with Crippen LogP contribution in [0.3, 0.4) is 0 Å². The molecule has 0 rings (SSSR count). The van der Waals surface area contributed by atoms with Gasteiger partial charge in [0.1, 0.15) is 6.61 Å². The van der Waals surface area contributed by atoms with Gasteiger partial charge in [0.15, 0.2) is 6.10 Å². The van der Waals surface area contributed by atoms with E-state index in [1.54, 1.807) is 7.05 Å². The number of phosphoric ester groups is 1. The van der Waals surface area contributed by atoms with Crippen LogP contribution in [0.1, 0.15) is 155 Å². The monoisotopic (exact) mass is 804 g/mol. The largest absolute Gasteiger partial charge is 0.472 e. The van der Waals surface area contributed by atoms with Gasteiger partial charge in [0.25, 0.3) is 0 Å². The smallest absolute Gasteiger partial charge is 0.462 e. The minimum absolute atomic E-state index is 0.0355. The van der Waals surface area contributed by atoms with Gasteiger partial charge in [-0.1, -0.05) is 137 Å². The van der Waals surface area contributed by atoms with E-state index >= 15 is 0 Å². The van der Waals surface area contributed by atoms with Gasteiger partial charge in [-0.05, 0) is 96.9 Å². The standard InChI is InChI=1S/C46H78NO8P/c1-4-6-8-10-12-14-16-18-20-22-24-26-28-30-32-34-36-38-45(48)52-42-44(43-54-56(50,51)53-41-40-47-3)55-46(49)39-37-35-33-31-29-27-25-23-21-19-17-15-13-11-9-7-5-2/h12-15,18-21,24-27,31,33,44,47H,4-11,16-17,22-23,28-30,32,34-43H2,1-3H3,(H,50,51)/b14-12-,15-13-,20-18-,21-19-,26-24-,27-25-,33-31-. The topological polar surface area (TPSA) is 120 Å². The number of rotatable bonds is 39. The van der Waals surface area contributed by atoms with Crippen LogP contribution < -0.4 is 5.32 Å². The van der Waals surface area contributed by atoms with E-state index in [4.69, 9.17) is 18.5 Å². The van der Waals surface area contributed by atoms with Crippen LogP contribution in [0.4, 0.5) is 0 Å². The fraction of sp³-hybridized carbons (Fsp3) is 0.652. The molecule has 0 aromatic carbocycles. The average Bonchev–Trinajstić information content (AvgIpc) is 3.18. The van der Waals surface area contributed by atoms with Gasteiger partial charge in [-0.3, -0.25) is 18.6 Å². The Bertz CT molecular complexity index is 1190. The number of carbonyl (C=O) groups is 2. The molecule has 0 aromatic heterocycles. The molecule has 0 heterocycles. The van der Waals surface area contributed by atoms with Gasteiger partial charge in [-0.15, -0.1) is 0 Å². The maximum atomic E-state index is 12.6. The lowest BCUT2D eigenvalue weighted by atomic mass is 10.1. The zero-order valence-electron chi connectivity index (χ0n) is 35.3. The fourth-order valence-corrected chi connectivity index (χ4v) is 5.95. The van der Waals surface area contributed by atoms with Crippen molar-refractivity contribution in [3.63, 3.8) is 0 Å². The summed E-state index contributed by atoms with van der Waals surface area (Å²) in [5, 5.41) is 2.81. The molecular weight excluding hydrogens is 725 g/mol. The van der Waals surface area contributed by atoms with Crippen molar-refractivity contribution >= 4 is 19.8 Å². The number of unbranched alkanes of at least 4 members (excludes halogenated alkanes) is 11. The maximum absolute atomic E-state index is 12.6. The van der Waals surface area contributed by atoms with E-state index in [-0.39, 0.29) is 26.1 Å². The highest BCUT2D eigenvalue weighted by atomic mass is 31.2. The Morgan fingerprint density at radius 2 is 0.982 bits per heavy atom. The summed E-state index contributed by atoms with van der Waals surface area (Å²) in [6.45, 7) is 4.05. The van der Waals surface area contributed by atoms with E-state index in [0.29, 0.717) is 25.8 Å². The van der Waals surface area contributed by atoms with Gasteiger partial charge in [0.2, 0.25) is 0 Å². The number of hydrogen-bond acceptors (Lipinski definition) is 8. The number of phosphoric acid groups is 1. The molecule has 0 spiro atoms. The molecule has 0 radical (unpaired) electrons. The highest BCUT2D eigenvalue weighted by molar-refractivity contribution is 7.47. The fourth-order valence-electron chi connectivity index (χ4n) is 5.20. The first-order valence-corrected chi connectivity index (χ1v) is 23.0. The Morgan fingerprint density at radius 3 is 1.46 bits per heavy atom. The predicted octanol–water partition coefficient (Wildman–Crippen LogP) is 12.3. The Kier molecular flexibility index (Phi) is 39.7. The normalized spacial score (nSPS) is 14.1. The molecule has 0 amide bonds. The number of esters is 2. The second-order valence-electron chi connectivity index (χ2n) is 13.8. The lowest BCUT2D eigenvalue weighted by Crippen LogP contribution is -2.29. The molecule has 2 unspecified atom stereocenters. The molecule has 0 fully saturated rings. The third kappa shape index (κ3) is 40.8. The predicted molar refractivity (Wildman–Crippen MR) is 233 cm³/mol. The molecule has 2 N–H and O–H groups in total. The molecule has 0 saturated carbocycles. The SMILES string of the molecule is CCCCC/C=C\C/C=C\C/C=C\C/C=C\CCCC(=O)OC(COC(=O)CCCCCC/C=C\C/C=C\C/C=C\CCCCC)COP(=O)(O)OCCNC. The highest BCUT2D eigenvalue weighted by Crippen LogP contribution is 2.43. The number of nitrogens with one attached hydrogen (secondary N) is 1. The van der Waals surface area contributed by atoms with Crippen molar-refractivity contribution in [2.45, 2.75) is 161 Å². The van der Waals surface area contributed by atoms with Crippen molar-refractivity contribution in [1.29, 1.82) is 0 Å². The maximum Gasteiger partial charge on any atom is 0.472 e. The lowest BCUT2D eigenvalue weighted by molar-refractivity contribution is -0.161. The minimum atomic E-state index is -4.37. The molecule has 0 bridgehead atoms. The van der Waals surface area contributed by atoms with Gasteiger partial charge in [-0.25, -0.2) is 4.57 Å². The summed E-state index contributed by atoms with van der Waals surface area (Å²) in [7, 11) is -2.69. The van der Waals surface area contributed by atoms with Crippen molar-refractivity contribution in [1.82, 2.24) is 5.32 Å². The molecule has 0 aromatic rings. The van der Waals surface area contributed by atoms with E-state index in [1.807, 2.05) is 6.08 Å². The van der Waals surface area contributed by atoms with E-state index in [2.05, 4.69) is 98.2 Å². The molecule has 56 heavy (non-hydrogen) atoms. The Hall–Kier alpha value is -2.81. The first-order valence-electron chi connectivity index (χ1n) is 21.5. The summed E-state index contributed by atoms with van der Waals surface area (Å²) in [5.41, 5.74) is 0. The van der Waals surface area contributed by atoms with Crippen LogP contribution in [0.2, 0.25) is 0 Å². The van der Waals surface area contributed by atoms with Crippen molar-refractivity contribution in [3.8, 4) is 0 Å². The molecule has 0 aliphatic carbocycles. The Labute approximate surface area is 341 Å². The molecule has 320 valence electrons. The summed E-state index contributed by atoms with van der Waals surface area (Å²) in [4.78, 5) is 35.0. The van der Waals surface area contributed by atoms with Crippen LogP contribution in [0, 0.1) is 0 Å². The second kappa shape index (κ2) is 41.8. The average molecular weight is 804 g/mol. The first kappa shape index (κ1) is 53.2. The van der Waals surface area contributed by atoms with Gasteiger partial charge >= 0.3 is 19.8 Å². The number of hydrogen-bond donors (Lipinski definition) is 2. The number of likely N-dealkylation sites (N-methyl/N-ethyl adjacent to an activating group) is 1. The van der Waals surface area contributed by atoms with E-state index in [9.17, 15) is 19.0 Å². The molecule has 0 aliphatic heterocycles.